The maximum absolute atomic E-state index is 9.61. The maximum Gasteiger partial charge on any atom is 0.119 e. The van der Waals surface area contributed by atoms with Crippen LogP contribution in [-0.4, -0.2) is 6.61 Å². The second-order valence-electron chi connectivity index (χ2n) is 8.51. The highest BCUT2D eigenvalue weighted by Crippen LogP contribution is 2.45. The molecule has 30 heavy (non-hydrogen) atoms. The summed E-state index contributed by atoms with van der Waals surface area (Å²) in [5.41, 5.74) is 3.35. The summed E-state index contributed by atoms with van der Waals surface area (Å²) in [5.74, 6) is 8.00. The highest BCUT2D eigenvalue weighted by Gasteiger charge is 2.34. The van der Waals surface area contributed by atoms with Crippen LogP contribution in [0.3, 0.4) is 0 Å². The van der Waals surface area contributed by atoms with Crippen molar-refractivity contribution in [1.29, 1.82) is 5.26 Å². The molecular weight excluding hydrogens is 366 g/mol. The summed E-state index contributed by atoms with van der Waals surface area (Å²) in [7, 11) is 0. The average molecular weight is 400 g/mol. The molecule has 1 saturated carbocycles. The van der Waals surface area contributed by atoms with E-state index in [2.05, 4.69) is 56.0 Å². The Kier molecular flexibility index (Phi) is 7.98. The second-order valence-corrected chi connectivity index (χ2v) is 8.51. The minimum absolute atomic E-state index is 0.0761. The van der Waals surface area contributed by atoms with Crippen molar-refractivity contribution in [3.63, 3.8) is 0 Å². The monoisotopic (exact) mass is 399 g/mol. The lowest BCUT2D eigenvalue weighted by Crippen LogP contribution is -2.25. The number of hydrogen-bond donors (Lipinski definition) is 0. The molecule has 0 heterocycles. The molecule has 0 unspecified atom stereocenters. The number of rotatable bonds is 7. The van der Waals surface area contributed by atoms with Gasteiger partial charge in [0.1, 0.15) is 5.75 Å². The molecule has 1 fully saturated rings. The topological polar surface area (TPSA) is 33.0 Å². The Balaban J connectivity index is 1.56. The fourth-order valence-corrected chi connectivity index (χ4v) is 4.35. The molecule has 2 aromatic rings. The van der Waals surface area contributed by atoms with Gasteiger partial charge in [-0.15, -0.1) is 0 Å². The number of nitriles is 1. The van der Waals surface area contributed by atoms with E-state index in [1.165, 1.54) is 5.56 Å². The molecule has 0 atom stereocenters. The quantitative estimate of drug-likeness (QED) is 0.363. The zero-order chi connectivity index (χ0) is 21.2. The van der Waals surface area contributed by atoms with E-state index in [4.69, 9.17) is 4.74 Å². The van der Waals surface area contributed by atoms with Crippen LogP contribution in [0.4, 0.5) is 0 Å². The Morgan fingerprint density at radius 3 is 2.03 bits per heavy atom. The molecule has 2 nitrogen and oxygen atoms in total. The van der Waals surface area contributed by atoms with Crippen LogP contribution in [-0.2, 0) is 0 Å². The molecule has 0 amide bonds. The van der Waals surface area contributed by atoms with E-state index in [0.29, 0.717) is 5.92 Å². The van der Waals surface area contributed by atoms with Crippen LogP contribution in [0.5, 0.6) is 5.75 Å². The van der Waals surface area contributed by atoms with Crippen molar-refractivity contribution in [2.75, 3.05) is 6.61 Å². The third-order valence-electron chi connectivity index (χ3n) is 6.26. The number of ether oxygens (including phenoxy) is 1. The van der Waals surface area contributed by atoms with Gasteiger partial charge in [-0.05, 0) is 86.4 Å². The van der Waals surface area contributed by atoms with Gasteiger partial charge in [-0.1, -0.05) is 50.7 Å². The van der Waals surface area contributed by atoms with Crippen LogP contribution in [0.25, 0.3) is 0 Å². The van der Waals surface area contributed by atoms with Crippen LogP contribution in [0.1, 0.15) is 87.8 Å². The largest absolute Gasteiger partial charge is 0.494 e. The minimum Gasteiger partial charge on any atom is -0.494 e. The molecule has 1 aliphatic rings. The van der Waals surface area contributed by atoms with Crippen LogP contribution in [0, 0.1) is 28.6 Å². The van der Waals surface area contributed by atoms with Crippen LogP contribution in [0.15, 0.2) is 48.5 Å². The molecular formula is C28H33NO. The normalized spacial score (nSPS) is 20.6. The van der Waals surface area contributed by atoms with E-state index in [9.17, 15) is 5.26 Å². The zero-order valence-corrected chi connectivity index (χ0v) is 18.4. The van der Waals surface area contributed by atoms with Gasteiger partial charge >= 0.3 is 0 Å². The third kappa shape index (κ3) is 5.90. The summed E-state index contributed by atoms with van der Waals surface area (Å²) in [6.45, 7) is 5.11. The first-order valence-electron chi connectivity index (χ1n) is 11.4. The molecule has 0 N–H and O–H groups in total. The van der Waals surface area contributed by atoms with E-state index < -0.39 is 0 Å². The van der Waals surface area contributed by atoms with Crippen molar-refractivity contribution in [1.82, 2.24) is 0 Å². The summed E-state index contributed by atoms with van der Waals surface area (Å²) in [5, 5.41) is 9.61. The van der Waals surface area contributed by atoms with E-state index in [0.717, 1.165) is 74.8 Å². The Bertz CT molecular complexity index is 885. The summed E-state index contributed by atoms with van der Waals surface area (Å²) >= 11 is 0. The van der Waals surface area contributed by atoms with Gasteiger partial charge in [0, 0.05) is 11.1 Å². The lowest BCUT2D eigenvalue weighted by molar-refractivity contribution is 0.228. The third-order valence-corrected chi connectivity index (χ3v) is 6.26. The molecule has 1 aliphatic carbocycles. The predicted octanol–water partition coefficient (Wildman–Crippen LogP) is 7.23. The smallest absolute Gasteiger partial charge is 0.119 e. The first kappa shape index (κ1) is 22.0. The van der Waals surface area contributed by atoms with Gasteiger partial charge in [-0.2, -0.15) is 5.26 Å². The predicted molar refractivity (Wildman–Crippen MR) is 123 cm³/mol. The molecule has 3 rings (SSSR count). The van der Waals surface area contributed by atoms with E-state index in [-0.39, 0.29) is 5.41 Å². The molecule has 0 bridgehead atoms. The molecule has 156 valence electrons. The van der Waals surface area contributed by atoms with Crippen LogP contribution < -0.4 is 4.74 Å². The molecule has 0 saturated heterocycles. The summed E-state index contributed by atoms with van der Waals surface area (Å²) in [6, 6.07) is 19.3. The Hall–Kier alpha value is -2.71. The van der Waals surface area contributed by atoms with Crippen molar-refractivity contribution in [3.8, 4) is 23.7 Å². The molecule has 0 aromatic heterocycles. The van der Waals surface area contributed by atoms with Gasteiger partial charge in [-0.25, -0.2) is 0 Å². The standard InChI is InChI=1S/C28H33NO/c1-3-5-21-30-27-14-10-24(11-15-27)7-6-23-8-12-25(13-9-23)26-16-19-28(22-29,18-4-2)20-17-26/h8-15,26H,3-5,16-21H2,1-2H3. The van der Waals surface area contributed by atoms with Gasteiger partial charge in [-0.3, -0.25) is 0 Å². The summed E-state index contributed by atoms with van der Waals surface area (Å²) < 4.78 is 5.70. The van der Waals surface area contributed by atoms with Gasteiger partial charge < -0.3 is 4.74 Å². The fourth-order valence-electron chi connectivity index (χ4n) is 4.35. The Morgan fingerprint density at radius 1 is 0.900 bits per heavy atom. The Labute approximate surface area is 182 Å². The van der Waals surface area contributed by atoms with E-state index >= 15 is 0 Å². The highest BCUT2D eigenvalue weighted by atomic mass is 16.5. The second kappa shape index (κ2) is 10.9. The fraction of sp³-hybridized carbons (Fsp3) is 0.464. The van der Waals surface area contributed by atoms with Crippen LogP contribution >= 0.6 is 0 Å². The highest BCUT2D eigenvalue weighted by molar-refractivity contribution is 5.45. The summed E-state index contributed by atoms with van der Waals surface area (Å²) in [6.07, 6.45) is 8.65. The summed E-state index contributed by atoms with van der Waals surface area (Å²) in [4.78, 5) is 0. The maximum atomic E-state index is 9.61. The minimum atomic E-state index is -0.0761. The van der Waals surface area contributed by atoms with E-state index in [1.54, 1.807) is 0 Å². The van der Waals surface area contributed by atoms with Crippen molar-refractivity contribution in [3.05, 3.63) is 65.2 Å². The number of benzene rings is 2. The van der Waals surface area contributed by atoms with Gasteiger partial charge in [0.2, 0.25) is 0 Å². The zero-order valence-electron chi connectivity index (χ0n) is 18.4. The van der Waals surface area contributed by atoms with Gasteiger partial charge in [0.05, 0.1) is 18.1 Å². The van der Waals surface area contributed by atoms with Crippen molar-refractivity contribution in [2.45, 2.75) is 71.1 Å². The van der Waals surface area contributed by atoms with Gasteiger partial charge in [0.25, 0.3) is 0 Å². The lowest BCUT2D eigenvalue weighted by atomic mass is 9.68. The number of nitrogens with zero attached hydrogens (tertiary/aromatic N) is 1. The van der Waals surface area contributed by atoms with Gasteiger partial charge in [0.15, 0.2) is 0 Å². The van der Waals surface area contributed by atoms with Crippen molar-refractivity contribution in [2.24, 2.45) is 5.41 Å². The lowest BCUT2D eigenvalue weighted by Gasteiger charge is -2.35. The van der Waals surface area contributed by atoms with Crippen molar-refractivity contribution < 1.29 is 4.74 Å². The number of unbranched alkanes of at least 4 members (excludes halogenated alkanes) is 1. The number of hydrogen-bond acceptors (Lipinski definition) is 2. The van der Waals surface area contributed by atoms with Crippen molar-refractivity contribution >= 4 is 0 Å². The molecule has 0 aliphatic heterocycles. The first-order valence-corrected chi connectivity index (χ1v) is 11.4. The molecule has 0 spiro atoms. The SMILES string of the molecule is CCCCOc1ccc(C#Cc2ccc(C3CCC(C#N)(CCC)CC3)cc2)cc1. The first-order chi connectivity index (χ1) is 14.7. The van der Waals surface area contributed by atoms with E-state index in [1.807, 2.05) is 24.3 Å². The molecule has 2 heteroatoms. The Morgan fingerprint density at radius 2 is 1.50 bits per heavy atom. The average Bonchev–Trinajstić information content (AvgIpc) is 2.80. The molecule has 0 radical (unpaired) electrons. The van der Waals surface area contributed by atoms with Crippen LogP contribution in [0.2, 0.25) is 0 Å². The molecule has 2 aromatic carbocycles.